The number of fused-ring (bicyclic) bond motifs is 3. The summed E-state index contributed by atoms with van der Waals surface area (Å²) >= 11 is 0. The van der Waals surface area contributed by atoms with E-state index in [0.29, 0.717) is 56.5 Å². The molecule has 186 valence electrons. The molecule has 8 nitrogen and oxygen atoms in total. The van der Waals surface area contributed by atoms with Gasteiger partial charge in [0.2, 0.25) is 10.0 Å². The topological polar surface area (TPSA) is 97.7 Å². The smallest absolute Gasteiger partial charge is 0.459 e. The molecule has 0 spiro atoms. The van der Waals surface area contributed by atoms with Gasteiger partial charge in [0.1, 0.15) is 0 Å². The number of piperidine rings is 1. The van der Waals surface area contributed by atoms with Crippen molar-refractivity contribution >= 4 is 32.8 Å². The number of hydrogen-bond donors (Lipinski definition) is 1. The van der Waals surface area contributed by atoms with Crippen LogP contribution in [0.1, 0.15) is 41.4 Å². The van der Waals surface area contributed by atoms with Crippen LogP contribution in [0.4, 0.5) is 13.2 Å². The lowest BCUT2D eigenvalue weighted by atomic mass is 9.97. The molecule has 0 radical (unpaired) electrons. The molecule has 12 heteroatoms. The lowest BCUT2D eigenvalue weighted by molar-refractivity contribution is -0.201. The highest BCUT2D eigenvalue weighted by molar-refractivity contribution is 7.90. The standard InChI is InChI=1S/C22H26F3N3O5S/c1-2-34(31,32)28-18-4-3-15(11-16(18)17-12-26-8-5-19(17)28)20(29)27-9-6-14(7-10-27)13-33-21(30)22(23,24)25/h3-4,11,14,26H,2,5-10,12-13H2,1H3. The minimum Gasteiger partial charge on any atom is -0.459 e. The van der Waals surface area contributed by atoms with Crippen LogP contribution < -0.4 is 5.32 Å². The van der Waals surface area contributed by atoms with Gasteiger partial charge in [0.05, 0.1) is 17.9 Å². The van der Waals surface area contributed by atoms with Crippen molar-refractivity contribution in [1.82, 2.24) is 14.2 Å². The molecule has 0 atom stereocenters. The van der Waals surface area contributed by atoms with Crippen LogP contribution >= 0.6 is 0 Å². The van der Waals surface area contributed by atoms with Crippen molar-refractivity contribution in [3.05, 3.63) is 35.0 Å². The second kappa shape index (κ2) is 9.21. The van der Waals surface area contributed by atoms with Crippen LogP contribution in [0.2, 0.25) is 0 Å². The van der Waals surface area contributed by atoms with Crippen LogP contribution in [0.25, 0.3) is 10.9 Å². The molecule has 2 aliphatic heterocycles. The van der Waals surface area contributed by atoms with Crippen LogP contribution in [0.3, 0.4) is 0 Å². The van der Waals surface area contributed by atoms with Gasteiger partial charge in [-0.25, -0.2) is 17.2 Å². The van der Waals surface area contributed by atoms with Crippen molar-refractivity contribution < 1.29 is 35.9 Å². The lowest BCUT2D eigenvalue weighted by Gasteiger charge is -2.31. The molecule has 0 bridgehead atoms. The Labute approximate surface area is 195 Å². The van der Waals surface area contributed by atoms with Crippen LogP contribution in [0, 0.1) is 5.92 Å². The van der Waals surface area contributed by atoms with E-state index in [4.69, 9.17) is 0 Å². The number of carbonyl (C=O) groups is 2. The molecular formula is C22H26F3N3O5S. The Morgan fingerprint density at radius 3 is 2.56 bits per heavy atom. The van der Waals surface area contributed by atoms with E-state index in [1.807, 2.05) is 0 Å². The molecule has 1 fully saturated rings. The summed E-state index contributed by atoms with van der Waals surface area (Å²) in [6.07, 6.45) is -3.61. The molecular weight excluding hydrogens is 475 g/mol. The molecule has 34 heavy (non-hydrogen) atoms. The summed E-state index contributed by atoms with van der Waals surface area (Å²) in [5.74, 6) is -2.71. The molecule has 0 aliphatic carbocycles. The number of benzene rings is 1. The predicted molar refractivity (Wildman–Crippen MR) is 118 cm³/mol. The maximum absolute atomic E-state index is 13.1. The number of hydrogen-bond acceptors (Lipinski definition) is 6. The van der Waals surface area contributed by atoms with E-state index < -0.39 is 22.2 Å². The molecule has 2 aliphatic rings. The van der Waals surface area contributed by atoms with E-state index in [9.17, 15) is 31.2 Å². The maximum Gasteiger partial charge on any atom is 0.490 e. The van der Waals surface area contributed by atoms with E-state index in [1.165, 1.54) is 3.97 Å². The number of ether oxygens (including phenoxy) is 1. The van der Waals surface area contributed by atoms with Crippen molar-refractivity contribution in [3.63, 3.8) is 0 Å². The predicted octanol–water partition coefficient (Wildman–Crippen LogP) is 2.44. The molecule has 1 aromatic carbocycles. The first-order chi connectivity index (χ1) is 16.0. The number of carbonyl (C=O) groups excluding carboxylic acids is 2. The van der Waals surface area contributed by atoms with Gasteiger partial charge in [0, 0.05) is 49.2 Å². The highest BCUT2D eigenvalue weighted by Crippen LogP contribution is 2.32. The third kappa shape index (κ3) is 4.65. The van der Waals surface area contributed by atoms with Crippen LogP contribution in [-0.2, 0) is 32.5 Å². The molecule has 1 N–H and O–H groups in total. The number of amides is 1. The van der Waals surface area contributed by atoms with Crippen molar-refractivity contribution in [2.45, 2.75) is 38.9 Å². The average Bonchev–Trinajstić information content (AvgIpc) is 3.16. The van der Waals surface area contributed by atoms with E-state index in [1.54, 1.807) is 30.0 Å². The molecule has 1 aromatic heterocycles. The monoisotopic (exact) mass is 501 g/mol. The zero-order chi connectivity index (χ0) is 24.7. The lowest BCUT2D eigenvalue weighted by Crippen LogP contribution is -2.40. The van der Waals surface area contributed by atoms with Gasteiger partial charge in [-0.05, 0) is 49.4 Å². The molecule has 3 heterocycles. The van der Waals surface area contributed by atoms with E-state index in [-0.39, 0.29) is 24.2 Å². The largest absolute Gasteiger partial charge is 0.490 e. The normalized spacial score (nSPS) is 17.6. The summed E-state index contributed by atoms with van der Waals surface area (Å²) in [4.78, 5) is 25.6. The second-order valence-electron chi connectivity index (χ2n) is 8.58. The zero-order valence-corrected chi connectivity index (χ0v) is 19.5. The Bertz CT molecular complexity index is 1210. The number of rotatable bonds is 5. The van der Waals surface area contributed by atoms with Gasteiger partial charge in [-0.3, -0.25) is 4.79 Å². The Hall–Kier alpha value is -2.60. The van der Waals surface area contributed by atoms with E-state index in [2.05, 4.69) is 10.1 Å². The fourth-order valence-electron chi connectivity index (χ4n) is 4.59. The van der Waals surface area contributed by atoms with Gasteiger partial charge in [-0.15, -0.1) is 0 Å². The average molecular weight is 502 g/mol. The maximum atomic E-state index is 13.1. The third-order valence-corrected chi connectivity index (χ3v) is 8.15. The number of aromatic nitrogens is 1. The SMILES string of the molecule is CCS(=O)(=O)n1c2c(c3cc(C(=O)N4CCC(COC(=O)C(F)(F)F)CC4)ccc31)CNCC2. The van der Waals surface area contributed by atoms with Gasteiger partial charge >= 0.3 is 12.1 Å². The molecule has 4 rings (SSSR count). The van der Waals surface area contributed by atoms with Crippen LogP contribution in [0.5, 0.6) is 0 Å². The summed E-state index contributed by atoms with van der Waals surface area (Å²) < 4.78 is 68.2. The van der Waals surface area contributed by atoms with Crippen molar-refractivity contribution in [1.29, 1.82) is 0 Å². The molecule has 0 saturated carbocycles. The molecule has 0 unspecified atom stereocenters. The second-order valence-corrected chi connectivity index (χ2v) is 10.7. The minimum atomic E-state index is -5.01. The number of nitrogens with zero attached hydrogens (tertiary/aromatic N) is 2. The van der Waals surface area contributed by atoms with E-state index >= 15 is 0 Å². The molecule has 2 aromatic rings. The fourth-order valence-corrected chi connectivity index (χ4v) is 5.84. The summed E-state index contributed by atoms with van der Waals surface area (Å²) in [5.41, 5.74) is 2.60. The van der Waals surface area contributed by atoms with Crippen molar-refractivity contribution in [2.24, 2.45) is 5.92 Å². The van der Waals surface area contributed by atoms with Crippen LogP contribution in [-0.4, -0.2) is 67.3 Å². The summed E-state index contributed by atoms with van der Waals surface area (Å²) in [5, 5.41) is 3.97. The Kier molecular flexibility index (Phi) is 6.65. The van der Waals surface area contributed by atoms with Gasteiger partial charge in [0.25, 0.3) is 5.91 Å². The Morgan fingerprint density at radius 1 is 1.21 bits per heavy atom. The van der Waals surface area contributed by atoms with Crippen LogP contribution in [0.15, 0.2) is 18.2 Å². The number of likely N-dealkylation sites (tertiary alicyclic amines) is 1. The summed E-state index contributed by atoms with van der Waals surface area (Å²) in [6, 6.07) is 5.00. The zero-order valence-electron chi connectivity index (χ0n) is 18.7. The Balaban J connectivity index is 1.51. The highest BCUT2D eigenvalue weighted by atomic mass is 32.2. The van der Waals surface area contributed by atoms with Gasteiger partial charge in [-0.2, -0.15) is 13.2 Å². The number of alkyl halides is 3. The third-order valence-electron chi connectivity index (χ3n) is 6.45. The van der Waals surface area contributed by atoms with Gasteiger partial charge < -0.3 is 15.0 Å². The molecule has 1 saturated heterocycles. The van der Waals surface area contributed by atoms with E-state index in [0.717, 1.165) is 16.6 Å². The highest BCUT2D eigenvalue weighted by Gasteiger charge is 2.41. The summed E-state index contributed by atoms with van der Waals surface area (Å²) in [6.45, 7) is 3.11. The molecule has 1 amide bonds. The van der Waals surface area contributed by atoms with Gasteiger partial charge in [-0.1, -0.05) is 0 Å². The van der Waals surface area contributed by atoms with Crippen molar-refractivity contribution in [2.75, 3.05) is 32.0 Å². The number of nitrogens with one attached hydrogen (secondary N) is 1. The quantitative estimate of drug-likeness (QED) is 0.633. The number of esters is 1. The first kappa shape index (κ1) is 24.5. The fraction of sp³-hybridized carbons (Fsp3) is 0.545. The summed E-state index contributed by atoms with van der Waals surface area (Å²) in [7, 11) is -3.52. The Morgan fingerprint density at radius 2 is 1.91 bits per heavy atom. The first-order valence-electron chi connectivity index (χ1n) is 11.2. The van der Waals surface area contributed by atoms with Crippen molar-refractivity contribution in [3.8, 4) is 0 Å². The first-order valence-corrected chi connectivity index (χ1v) is 12.8. The number of halogens is 3. The minimum absolute atomic E-state index is 0.0371. The van der Waals surface area contributed by atoms with Gasteiger partial charge in [0.15, 0.2) is 0 Å².